The molecule has 4 aromatic rings. The van der Waals surface area contributed by atoms with E-state index < -0.39 is 11.8 Å². The molecule has 0 fully saturated rings. The summed E-state index contributed by atoms with van der Waals surface area (Å²) in [6.45, 7) is 0. The lowest BCUT2D eigenvalue weighted by molar-refractivity contribution is 0.0880. The van der Waals surface area contributed by atoms with Crippen molar-refractivity contribution in [2.75, 3.05) is 0 Å². The average Bonchev–Trinajstić information content (AvgIpc) is 3.09. The Morgan fingerprint density at radius 3 is 2.52 bits per heavy atom. The standard InChI is InChI=1S/C21H13ClN2O3/c1-24-16-7-6-10(25)8-13(16)17-18-14(20(26)23-21(18)27)9-12(19(17)24)11-4-2-3-5-15(11)22/h2-9,25H,1H3,(H,23,26,27). The van der Waals surface area contributed by atoms with E-state index in [-0.39, 0.29) is 5.75 Å². The Balaban J connectivity index is 2.08. The number of amides is 2. The van der Waals surface area contributed by atoms with Crippen LogP contribution in [-0.2, 0) is 7.05 Å². The molecule has 0 saturated heterocycles. The Labute approximate surface area is 158 Å². The number of hydrogen-bond acceptors (Lipinski definition) is 3. The van der Waals surface area contributed by atoms with E-state index in [0.717, 1.165) is 22.2 Å². The van der Waals surface area contributed by atoms with Crippen molar-refractivity contribution >= 4 is 45.2 Å². The van der Waals surface area contributed by atoms with Gasteiger partial charge < -0.3 is 9.67 Å². The number of phenolic OH excluding ortho intramolecular Hbond substituents is 1. The van der Waals surface area contributed by atoms with Crippen LogP contribution in [0.5, 0.6) is 5.75 Å². The molecule has 132 valence electrons. The lowest BCUT2D eigenvalue weighted by Gasteiger charge is -2.11. The topological polar surface area (TPSA) is 71.3 Å². The van der Waals surface area contributed by atoms with Crippen molar-refractivity contribution in [2.45, 2.75) is 0 Å². The number of rotatable bonds is 1. The van der Waals surface area contributed by atoms with E-state index >= 15 is 0 Å². The summed E-state index contributed by atoms with van der Waals surface area (Å²) >= 11 is 6.43. The SMILES string of the molecule is Cn1c2ccc(O)cc2c2c3c(cc(-c4ccccc4Cl)c21)C(=O)NC3=O. The Morgan fingerprint density at radius 1 is 0.963 bits per heavy atom. The summed E-state index contributed by atoms with van der Waals surface area (Å²) in [5, 5.41) is 14.3. The molecule has 27 heavy (non-hydrogen) atoms. The van der Waals surface area contributed by atoms with Crippen LogP contribution < -0.4 is 5.32 Å². The zero-order chi connectivity index (χ0) is 18.9. The van der Waals surface area contributed by atoms with Crippen LogP contribution in [0.3, 0.4) is 0 Å². The maximum Gasteiger partial charge on any atom is 0.259 e. The molecule has 0 saturated carbocycles. The quantitative estimate of drug-likeness (QED) is 0.488. The number of nitrogens with zero attached hydrogens (tertiary/aromatic N) is 1. The van der Waals surface area contributed by atoms with Crippen LogP contribution in [0, 0.1) is 0 Å². The molecule has 1 aliphatic heterocycles. The average molecular weight is 377 g/mol. The fraction of sp³-hybridized carbons (Fsp3) is 0.0476. The number of benzene rings is 3. The molecule has 2 amide bonds. The molecule has 0 radical (unpaired) electrons. The first kappa shape index (κ1) is 15.9. The summed E-state index contributed by atoms with van der Waals surface area (Å²) in [6.07, 6.45) is 0. The number of aryl methyl sites for hydroxylation is 1. The Morgan fingerprint density at radius 2 is 1.74 bits per heavy atom. The van der Waals surface area contributed by atoms with E-state index in [9.17, 15) is 14.7 Å². The monoisotopic (exact) mass is 376 g/mol. The number of aromatic hydroxyl groups is 1. The zero-order valence-electron chi connectivity index (χ0n) is 14.2. The van der Waals surface area contributed by atoms with Crippen LogP contribution in [0.4, 0.5) is 0 Å². The summed E-state index contributed by atoms with van der Waals surface area (Å²) in [6, 6.07) is 14.1. The number of aromatic nitrogens is 1. The van der Waals surface area contributed by atoms with E-state index in [0.29, 0.717) is 26.9 Å². The number of carbonyl (C=O) groups excluding carboxylic acids is 2. The third-order valence-corrected chi connectivity index (χ3v) is 5.44. The fourth-order valence-electron chi connectivity index (χ4n) is 3.95. The number of hydrogen-bond donors (Lipinski definition) is 2. The largest absolute Gasteiger partial charge is 0.508 e. The molecule has 5 rings (SSSR count). The Kier molecular flexibility index (Phi) is 3.15. The van der Waals surface area contributed by atoms with Crippen LogP contribution in [0.25, 0.3) is 32.9 Å². The summed E-state index contributed by atoms with van der Waals surface area (Å²) in [5.74, 6) is -0.763. The number of nitrogens with one attached hydrogen (secondary N) is 1. The van der Waals surface area contributed by atoms with Crippen LogP contribution in [0.2, 0.25) is 5.02 Å². The van der Waals surface area contributed by atoms with E-state index in [1.54, 1.807) is 30.3 Å². The van der Waals surface area contributed by atoms with Crippen molar-refractivity contribution in [2.24, 2.45) is 7.05 Å². The highest BCUT2D eigenvalue weighted by atomic mass is 35.5. The molecule has 6 heteroatoms. The van der Waals surface area contributed by atoms with Crippen molar-refractivity contribution in [1.82, 2.24) is 9.88 Å². The highest BCUT2D eigenvalue weighted by Gasteiger charge is 2.33. The van der Waals surface area contributed by atoms with Gasteiger partial charge in [-0.3, -0.25) is 14.9 Å². The van der Waals surface area contributed by atoms with Crippen molar-refractivity contribution in [1.29, 1.82) is 0 Å². The molecule has 3 aromatic carbocycles. The molecule has 5 nitrogen and oxygen atoms in total. The molecular weight excluding hydrogens is 364 g/mol. The first-order valence-electron chi connectivity index (χ1n) is 8.36. The van der Waals surface area contributed by atoms with E-state index in [1.165, 1.54) is 0 Å². The van der Waals surface area contributed by atoms with Gasteiger partial charge in [-0.1, -0.05) is 29.8 Å². The third-order valence-electron chi connectivity index (χ3n) is 5.11. The van der Waals surface area contributed by atoms with Gasteiger partial charge in [0.1, 0.15) is 5.75 Å². The number of imide groups is 1. The molecule has 2 N–H and O–H groups in total. The van der Waals surface area contributed by atoms with Gasteiger partial charge in [-0.05, 0) is 30.3 Å². The first-order chi connectivity index (χ1) is 13.0. The number of fused-ring (bicyclic) bond motifs is 5. The lowest BCUT2D eigenvalue weighted by Crippen LogP contribution is -2.19. The number of phenols is 1. The van der Waals surface area contributed by atoms with Gasteiger partial charge in [-0.2, -0.15) is 0 Å². The minimum Gasteiger partial charge on any atom is -0.508 e. The maximum absolute atomic E-state index is 12.5. The van der Waals surface area contributed by atoms with Crippen LogP contribution in [0.15, 0.2) is 48.5 Å². The van der Waals surface area contributed by atoms with Gasteiger partial charge in [0.2, 0.25) is 0 Å². The molecule has 0 aliphatic carbocycles. The summed E-state index contributed by atoms with van der Waals surface area (Å²) < 4.78 is 1.96. The minimum atomic E-state index is -0.429. The van der Waals surface area contributed by atoms with Gasteiger partial charge in [0.25, 0.3) is 11.8 Å². The Hall–Kier alpha value is -3.31. The summed E-state index contributed by atoms with van der Waals surface area (Å²) in [5.41, 5.74) is 3.82. The van der Waals surface area contributed by atoms with Crippen LogP contribution in [0.1, 0.15) is 20.7 Å². The van der Waals surface area contributed by atoms with Gasteiger partial charge in [0.15, 0.2) is 0 Å². The van der Waals surface area contributed by atoms with Crippen molar-refractivity contribution in [3.05, 3.63) is 64.7 Å². The molecule has 0 atom stereocenters. The molecule has 0 unspecified atom stereocenters. The van der Waals surface area contributed by atoms with Gasteiger partial charge >= 0.3 is 0 Å². The molecule has 0 bridgehead atoms. The molecule has 1 aliphatic rings. The highest BCUT2D eigenvalue weighted by molar-refractivity contribution is 6.35. The van der Waals surface area contributed by atoms with Crippen molar-refractivity contribution in [3.8, 4) is 16.9 Å². The van der Waals surface area contributed by atoms with Gasteiger partial charge in [-0.25, -0.2) is 0 Å². The third kappa shape index (κ3) is 2.06. The number of carbonyl (C=O) groups is 2. The summed E-state index contributed by atoms with van der Waals surface area (Å²) in [4.78, 5) is 24.9. The van der Waals surface area contributed by atoms with Crippen LogP contribution in [-0.4, -0.2) is 21.5 Å². The molecular formula is C21H13ClN2O3. The van der Waals surface area contributed by atoms with Crippen LogP contribution >= 0.6 is 11.6 Å². The first-order valence-corrected chi connectivity index (χ1v) is 8.74. The second-order valence-corrected chi connectivity index (χ2v) is 7.00. The van der Waals surface area contributed by atoms with E-state index in [4.69, 9.17) is 11.6 Å². The summed E-state index contributed by atoms with van der Waals surface area (Å²) in [7, 11) is 1.89. The lowest BCUT2D eigenvalue weighted by atomic mass is 9.94. The number of halogens is 1. The second kappa shape index (κ2) is 5.34. The van der Waals surface area contributed by atoms with Gasteiger partial charge in [0, 0.05) is 39.5 Å². The molecule has 1 aromatic heterocycles. The normalized spacial score (nSPS) is 13.4. The molecule has 0 spiro atoms. The Bertz CT molecular complexity index is 1320. The fourth-order valence-corrected chi connectivity index (χ4v) is 4.19. The predicted molar refractivity (Wildman–Crippen MR) is 104 cm³/mol. The van der Waals surface area contributed by atoms with Crippen molar-refractivity contribution in [3.63, 3.8) is 0 Å². The smallest absolute Gasteiger partial charge is 0.259 e. The minimum absolute atomic E-state index is 0.0941. The molecule has 2 heterocycles. The highest BCUT2D eigenvalue weighted by Crippen LogP contribution is 2.42. The maximum atomic E-state index is 12.5. The zero-order valence-corrected chi connectivity index (χ0v) is 15.0. The predicted octanol–water partition coefficient (Wildman–Crippen LogP) is 4.24. The van der Waals surface area contributed by atoms with Gasteiger partial charge in [0.05, 0.1) is 16.6 Å². The van der Waals surface area contributed by atoms with Crippen molar-refractivity contribution < 1.29 is 14.7 Å². The van der Waals surface area contributed by atoms with E-state index in [2.05, 4.69) is 5.32 Å². The second-order valence-electron chi connectivity index (χ2n) is 6.59. The van der Waals surface area contributed by atoms with Gasteiger partial charge in [-0.15, -0.1) is 0 Å². The van der Waals surface area contributed by atoms with E-state index in [1.807, 2.05) is 29.8 Å².